The van der Waals surface area contributed by atoms with Gasteiger partial charge < -0.3 is 4.90 Å². The summed E-state index contributed by atoms with van der Waals surface area (Å²) in [6.45, 7) is 1.81. The van der Waals surface area contributed by atoms with Gasteiger partial charge in [-0.1, -0.05) is 18.2 Å². The van der Waals surface area contributed by atoms with Crippen molar-refractivity contribution in [3.8, 4) is 0 Å². The van der Waals surface area contributed by atoms with Gasteiger partial charge in [0.05, 0.1) is 0 Å². The van der Waals surface area contributed by atoms with Crippen molar-refractivity contribution in [2.45, 2.75) is 6.92 Å². The van der Waals surface area contributed by atoms with Crippen LogP contribution in [0.1, 0.15) is 17.3 Å². The first kappa shape index (κ1) is 10.4. The Balaban J connectivity index is 2.83. The monoisotopic (exact) mass is 190 g/mol. The fourth-order valence-corrected chi connectivity index (χ4v) is 0.892. The highest BCUT2D eigenvalue weighted by Crippen LogP contribution is 2.01. The number of hydrogen-bond acceptors (Lipinski definition) is 1. The largest absolute Gasteiger partial charge is 0.366 e. The van der Waals surface area contributed by atoms with Gasteiger partial charge >= 0.3 is 0 Å². The van der Waals surface area contributed by atoms with Crippen molar-refractivity contribution in [2.75, 3.05) is 14.1 Å². The van der Waals surface area contributed by atoms with Gasteiger partial charge in [0, 0.05) is 19.7 Å². The predicted molar refractivity (Wildman–Crippen MR) is 57.6 cm³/mol. The molecular weight excluding hydrogens is 176 g/mol. The quantitative estimate of drug-likeness (QED) is 0.499. The van der Waals surface area contributed by atoms with E-state index in [9.17, 15) is 4.79 Å². The maximum atomic E-state index is 11.5. The van der Waals surface area contributed by atoms with Gasteiger partial charge in [-0.3, -0.25) is 4.79 Å². The van der Waals surface area contributed by atoms with Gasteiger partial charge in [-0.2, -0.15) is 4.99 Å². The van der Waals surface area contributed by atoms with Crippen LogP contribution in [0.5, 0.6) is 0 Å². The summed E-state index contributed by atoms with van der Waals surface area (Å²) < 4.78 is 0. The van der Waals surface area contributed by atoms with E-state index >= 15 is 0 Å². The van der Waals surface area contributed by atoms with E-state index in [1.807, 2.05) is 32.3 Å². The number of carbonyl (C=O) groups is 1. The Labute approximate surface area is 84.1 Å². The Bertz CT molecular complexity index is 342. The molecule has 0 aliphatic heterocycles. The topological polar surface area (TPSA) is 32.7 Å². The van der Waals surface area contributed by atoms with Gasteiger partial charge in [0.15, 0.2) is 0 Å². The van der Waals surface area contributed by atoms with Crippen LogP contribution in [-0.2, 0) is 0 Å². The summed E-state index contributed by atoms with van der Waals surface area (Å²) in [7, 11) is 3.72. The van der Waals surface area contributed by atoms with Crippen molar-refractivity contribution in [3.05, 3.63) is 35.9 Å². The third kappa shape index (κ3) is 2.69. The number of benzene rings is 1. The van der Waals surface area contributed by atoms with Gasteiger partial charge in [-0.15, -0.1) is 0 Å². The van der Waals surface area contributed by atoms with Crippen molar-refractivity contribution >= 4 is 11.7 Å². The lowest BCUT2D eigenvalue weighted by Gasteiger charge is -2.09. The number of rotatable bonds is 1. The van der Waals surface area contributed by atoms with Gasteiger partial charge in [-0.25, -0.2) is 0 Å². The minimum Gasteiger partial charge on any atom is -0.366 e. The molecule has 0 aliphatic rings. The molecule has 3 heteroatoms. The fourth-order valence-electron chi connectivity index (χ4n) is 0.892. The smallest absolute Gasteiger partial charge is 0.278 e. The van der Waals surface area contributed by atoms with Gasteiger partial charge in [-0.05, 0) is 19.1 Å². The van der Waals surface area contributed by atoms with E-state index in [1.54, 1.807) is 24.0 Å². The Morgan fingerprint density at radius 1 is 1.21 bits per heavy atom. The fraction of sp³-hybridized carbons (Fsp3) is 0.273. The number of carbonyl (C=O) groups excluding carboxylic acids is 1. The molecule has 0 saturated carbocycles. The summed E-state index contributed by atoms with van der Waals surface area (Å²) in [6.07, 6.45) is 0. The molecule has 1 rings (SSSR count). The van der Waals surface area contributed by atoms with Gasteiger partial charge in [0.25, 0.3) is 5.91 Å². The number of amides is 1. The second-order valence-corrected chi connectivity index (χ2v) is 3.22. The zero-order valence-electron chi connectivity index (χ0n) is 8.69. The van der Waals surface area contributed by atoms with Gasteiger partial charge in [0.1, 0.15) is 5.84 Å². The summed E-state index contributed by atoms with van der Waals surface area (Å²) >= 11 is 0. The third-order valence-electron chi connectivity index (χ3n) is 1.93. The van der Waals surface area contributed by atoms with Crippen LogP contribution in [0.2, 0.25) is 0 Å². The van der Waals surface area contributed by atoms with Crippen LogP contribution in [-0.4, -0.2) is 30.7 Å². The second kappa shape index (κ2) is 4.56. The highest BCUT2D eigenvalue weighted by molar-refractivity contribution is 6.02. The summed E-state index contributed by atoms with van der Waals surface area (Å²) in [6, 6.07) is 9.05. The molecule has 0 atom stereocenters. The molecule has 0 fully saturated rings. The predicted octanol–water partition coefficient (Wildman–Crippen LogP) is 1.81. The maximum Gasteiger partial charge on any atom is 0.278 e. The molecule has 1 aromatic carbocycles. The summed E-state index contributed by atoms with van der Waals surface area (Å²) in [4.78, 5) is 17.3. The molecule has 1 amide bonds. The minimum atomic E-state index is -0.197. The molecular formula is C11H14N2O. The molecule has 0 saturated heterocycles. The highest BCUT2D eigenvalue weighted by Gasteiger charge is 2.03. The van der Waals surface area contributed by atoms with Crippen LogP contribution >= 0.6 is 0 Å². The maximum absolute atomic E-state index is 11.5. The standard InChI is InChI=1S/C11H14N2O/c1-9(13(2)3)12-11(14)10-7-5-4-6-8-10/h4-8H,1-3H3/b12-9+. The highest BCUT2D eigenvalue weighted by atomic mass is 16.1. The van der Waals surface area contributed by atoms with Crippen molar-refractivity contribution in [2.24, 2.45) is 4.99 Å². The van der Waals surface area contributed by atoms with Crippen molar-refractivity contribution in [1.82, 2.24) is 4.90 Å². The van der Waals surface area contributed by atoms with E-state index < -0.39 is 0 Å². The first-order valence-electron chi connectivity index (χ1n) is 4.43. The molecule has 3 nitrogen and oxygen atoms in total. The normalized spacial score (nSPS) is 11.2. The van der Waals surface area contributed by atoms with E-state index in [1.165, 1.54) is 0 Å². The van der Waals surface area contributed by atoms with Crippen LogP contribution in [0.15, 0.2) is 35.3 Å². The van der Waals surface area contributed by atoms with E-state index in [0.29, 0.717) is 11.4 Å². The zero-order valence-corrected chi connectivity index (χ0v) is 8.69. The van der Waals surface area contributed by atoms with Crippen LogP contribution in [0.3, 0.4) is 0 Å². The lowest BCUT2D eigenvalue weighted by Crippen LogP contribution is -2.19. The minimum absolute atomic E-state index is 0.197. The molecule has 0 aromatic heterocycles. The molecule has 14 heavy (non-hydrogen) atoms. The van der Waals surface area contributed by atoms with E-state index in [-0.39, 0.29) is 5.91 Å². The van der Waals surface area contributed by atoms with Crippen molar-refractivity contribution in [1.29, 1.82) is 0 Å². The molecule has 0 spiro atoms. The SMILES string of the molecule is C/C(=N\C(=O)c1ccccc1)N(C)C. The molecule has 0 radical (unpaired) electrons. The van der Waals surface area contributed by atoms with E-state index in [0.717, 1.165) is 0 Å². The zero-order chi connectivity index (χ0) is 10.6. The summed E-state index contributed by atoms with van der Waals surface area (Å²) in [5.74, 6) is 0.510. The summed E-state index contributed by atoms with van der Waals surface area (Å²) in [5, 5.41) is 0. The average molecular weight is 190 g/mol. The van der Waals surface area contributed by atoms with Crippen LogP contribution in [0, 0.1) is 0 Å². The van der Waals surface area contributed by atoms with Gasteiger partial charge in [0.2, 0.25) is 0 Å². The molecule has 0 aliphatic carbocycles. The van der Waals surface area contributed by atoms with E-state index in [2.05, 4.69) is 4.99 Å². The average Bonchev–Trinajstić information content (AvgIpc) is 2.19. The molecule has 74 valence electrons. The lowest BCUT2D eigenvalue weighted by molar-refractivity contribution is 0.100. The van der Waals surface area contributed by atoms with Crippen molar-refractivity contribution < 1.29 is 4.79 Å². The molecule has 1 aromatic rings. The third-order valence-corrected chi connectivity index (χ3v) is 1.93. The molecule has 0 heterocycles. The number of nitrogens with zero attached hydrogens (tertiary/aromatic N) is 2. The molecule has 0 bridgehead atoms. The van der Waals surface area contributed by atoms with Crippen LogP contribution in [0.4, 0.5) is 0 Å². The Hall–Kier alpha value is -1.64. The van der Waals surface area contributed by atoms with Crippen molar-refractivity contribution in [3.63, 3.8) is 0 Å². The Kier molecular flexibility index (Phi) is 3.40. The number of aliphatic imine (C=N–C) groups is 1. The lowest BCUT2D eigenvalue weighted by atomic mass is 10.2. The number of hydrogen-bond donors (Lipinski definition) is 0. The first-order valence-corrected chi connectivity index (χ1v) is 4.43. The second-order valence-electron chi connectivity index (χ2n) is 3.22. The molecule has 0 unspecified atom stereocenters. The van der Waals surface area contributed by atoms with Crippen LogP contribution < -0.4 is 0 Å². The number of amidine groups is 1. The summed E-state index contributed by atoms with van der Waals surface area (Å²) in [5.41, 5.74) is 0.619. The van der Waals surface area contributed by atoms with E-state index in [4.69, 9.17) is 0 Å². The Morgan fingerprint density at radius 2 is 1.79 bits per heavy atom. The molecule has 0 N–H and O–H groups in total. The van der Waals surface area contributed by atoms with Crippen LogP contribution in [0.25, 0.3) is 0 Å². The Morgan fingerprint density at radius 3 is 2.29 bits per heavy atom. The first-order chi connectivity index (χ1) is 6.61.